The van der Waals surface area contributed by atoms with Crippen LogP contribution in [-0.2, 0) is 6.61 Å². The summed E-state index contributed by atoms with van der Waals surface area (Å²) in [6.07, 6.45) is 5.81. The Kier molecular flexibility index (Phi) is 5.89. The maximum Gasteiger partial charge on any atom is 0.211 e. The van der Waals surface area contributed by atoms with Crippen molar-refractivity contribution in [1.82, 2.24) is 4.98 Å². The van der Waals surface area contributed by atoms with E-state index >= 15 is 0 Å². The van der Waals surface area contributed by atoms with Gasteiger partial charge in [0.25, 0.3) is 0 Å². The van der Waals surface area contributed by atoms with Gasteiger partial charge in [0.2, 0.25) is 5.96 Å². The fourth-order valence-electron chi connectivity index (χ4n) is 3.29. The van der Waals surface area contributed by atoms with Gasteiger partial charge in [-0.2, -0.15) is 0 Å². The second-order valence-corrected chi connectivity index (χ2v) is 7.90. The van der Waals surface area contributed by atoms with E-state index < -0.39 is 0 Å². The van der Waals surface area contributed by atoms with Crippen LogP contribution in [0.25, 0.3) is 6.08 Å². The van der Waals surface area contributed by atoms with Gasteiger partial charge in [0.1, 0.15) is 29.4 Å². The van der Waals surface area contributed by atoms with Gasteiger partial charge >= 0.3 is 0 Å². The summed E-state index contributed by atoms with van der Waals surface area (Å²) >= 11 is 0. The highest BCUT2D eigenvalue weighted by Crippen LogP contribution is 2.32. The lowest BCUT2D eigenvalue weighted by Gasteiger charge is -2.28. The standard InChI is InChI=1S/C25H25N5O2/c1-25(2)12-11-17-14-19(9-10-22(17)32-25)23(29-30-24(26)27)18-6-5-8-21(15-18)31-16-20-7-3-4-13-28-20/h3-15H,16H2,1-2H3,(H4,26,27,30)/b29-23+. The van der Waals surface area contributed by atoms with Crippen molar-refractivity contribution in [3.8, 4) is 11.5 Å². The van der Waals surface area contributed by atoms with Crippen molar-refractivity contribution in [3.05, 3.63) is 95.3 Å². The molecule has 0 radical (unpaired) electrons. The van der Waals surface area contributed by atoms with Crippen LogP contribution in [0.4, 0.5) is 0 Å². The highest BCUT2D eigenvalue weighted by Gasteiger charge is 2.22. The predicted molar refractivity (Wildman–Crippen MR) is 127 cm³/mol. The van der Waals surface area contributed by atoms with Crippen molar-refractivity contribution >= 4 is 17.7 Å². The lowest BCUT2D eigenvalue weighted by Crippen LogP contribution is -2.27. The molecule has 3 aromatic rings. The molecule has 2 heterocycles. The van der Waals surface area contributed by atoms with Crippen molar-refractivity contribution in [2.24, 2.45) is 21.7 Å². The molecule has 162 valence electrons. The third kappa shape index (κ3) is 5.13. The van der Waals surface area contributed by atoms with Crippen LogP contribution in [0.15, 0.2) is 83.1 Å². The molecule has 0 spiro atoms. The zero-order chi connectivity index (χ0) is 22.6. The molecule has 0 fully saturated rings. The Hall–Kier alpha value is -4.13. The summed E-state index contributed by atoms with van der Waals surface area (Å²) in [5.74, 6) is 1.39. The maximum atomic E-state index is 6.03. The van der Waals surface area contributed by atoms with Crippen LogP contribution >= 0.6 is 0 Å². The number of benzene rings is 2. The summed E-state index contributed by atoms with van der Waals surface area (Å²) in [6.45, 7) is 4.40. The van der Waals surface area contributed by atoms with Crippen molar-refractivity contribution in [1.29, 1.82) is 0 Å². The van der Waals surface area contributed by atoms with Crippen LogP contribution in [0, 0.1) is 0 Å². The number of guanidine groups is 1. The topological polar surface area (TPSA) is 108 Å². The third-order valence-electron chi connectivity index (χ3n) is 4.81. The van der Waals surface area contributed by atoms with E-state index in [4.69, 9.17) is 20.9 Å². The van der Waals surface area contributed by atoms with E-state index in [1.807, 2.05) is 86.7 Å². The van der Waals surface area contributed by atoms with Crippen LogP contribution in [0.2, 0.25) is 0 Å². The monoisotopic (exact) mass is 427 g/mol. The van der Waals surface area contributed by atoms with E-state index in [1.165, 1.54) is 0 Å². The zero-order valence-electron chi connectivity index (χ0n) is 18.0. The third-order valence-corrected chi connectivity index (χ3v) is 4.81. The average molecular weight is 428 g/mol. The molecule has 1 aliphatic heterocycles. The summed E-state index contributed by atoms with van der Waals surface area (Å²) in [4.78, 5) is 4.29. The number of rotatable bonds is 6. The Morgan fingerprint density at radius 1 is 1.00 bits per heavy atom. The minimum Gasteiger partial charge on any atom is -0.487 e. The number of nitrogens with two attached hydrogens (primary N) is 2. The van der Waals surface area contributed by atoms with Gasteiger partial charge in [-0.15, -0.1) is 10.2 Å². The van der Waals surface area contributed by atoms with Crippen LogP contribution in [0.5, 0.6) is 11.5 Å². The molecule has 1 aromatic heterocycles. The predicted octanol–water partition coefficient (Wildman–Crippen LogP) is 3.87. The highest BCUT2D eigenvalue weighted by molar-refractivity contribution is 6.13. The van der Waals surface area contributed by atoms with Crippen molar-refractivity contribution < 1.29 is 9.47 Å². The first kappa shape index (κ1) is 21.1. The first-order valence-electron chi connectivity index (χ1n) is 10.2. The number of aromatic nitrogens is 1. The van der Waals surface area contributed by atoms with Gasteiger partial charge in [-0.3, -0.25) is 4.98 Å². The summed E-state index contributed by atoms with van der Waals surface area (Å²) < 4.78 is 12.0. The van der Waals surface area contributed by atoms with Gasteiger partial charge in [-0.05, 0) is 62.4 Å². The maximum absolute atomic E-state index is 6.03. The zero-order valence-corrected chi connectivity index (χ0v) is 18.0. The van der Waals surface area contributed by atoms with Crippen LogP contribution < -0.4 is 20.9 Å². The number of pyridine rings is 1. The van der Waals surface area contributed by atoms with E-state index in [0.29, 0.717) is 18.1 Å². The molecule has 7 nitrogen and oxygen atoms in total. The fraction of sp³-hybridized carbons (Fsp3) is 0.160. The van der Waals surface area contributed by atoms with E-state index in [0.717, 1.165) is 28.1 Å². The van der Waals surface area contributed by atoms with E-state index in [2.05, 4.69) is 15.2 Å². The quantitative estimate of drug-likeness (QED) is 0.353. The molecular weight excluding hydrogens is 402 g/mol. The van der Waals surface area contributed by atoms with Gasteiger partial charge in [-0.1, -0.05) is 24.3 Å². The van der Waals surface area contributed by atoms with Crippen LogP contribution in [-0.4, -0.2) is 22.3 Å². The highest BCUT2D eigenvalue weighted by atomic mass is 16.5. The molecule has 4 rings (SSSR count). The minimum atomic E-state index is -0.344. The number of hydrogen-bond acceptors (Lipinski definition) is 5. The van der Waals surface area contributed by atoms with Crippen LogP contribution in [0.1, 0.15) is 36.2 Å². The van der Waals surface area contributed by atoms with Crippen LogP contribution in [0.3, 0.4) is 0 Å². The second-order valence-electron chi connectivity index (χ2n) is 7.90. The van der Waals surface area contributed by atoms with E-state index in [9.17, 15) is 0 Å². The summed E-state index contributed by atoms with van der Waals surface area (Å²) in [7, 11) is 0. The molecule has 7 heteroatoms. The Labute approximate surface area is 187 Å². The SMILES string of the molecule is CC1(C)C=Cc2cc(/C(=N/N=C(N)N)c3cccc(OCc4ccccn4)c3)ccc2O1. The van der Waals surface area contributed by atoms with E-state index in [-0.39, 0.29) is 11.6 Å². The molecule has 0 bridgehead atoms. The number of nitrogens with zero attached hydrogens (tertiary/aromatic N) is 3. The molecule has 0 saturated carbocycles. The second kappa shape index (κ2) is 8.93. The largest absolute Gasteiger partial charge is 0.487 e. The van der Waals surface area contributed by atoms with Crippen molar-refractivity contribution in [2.45, 2.75) is 26.1 Å². The van der Waals surface area contributed by atoms with Crippen molar-refractivity contribution in [2.75, 3.05) is 0 Å². The molecule has 0 atom stereocenters. The van der Waals surface area contributed by atoms with Gasteiger partial charge in [0.15, 0.2) is 0 Å². The Balaban J connectivity index is 1.66. The molecule has 0 amide bonds. The van der Waals surface area contributed by atoms with Gasteiger partial charge in [0, 0.05) is 22.9 Å². The number of hydrogen-bond donors (Lipinski definition) is 2. The van der Waals surface area contributed by atoms with Gasteiger partial charge in [0.05, 0.1) is 5.69 Å². The lowest BCUT2D eigenvalue weighted by atomic mass is 9.97. The molecule has 0 saturated heterocycles. The summed E-state index contributed by atoms with van der Waals surface area (Å²) in [5, 5.41) is 8.22. The molecule has 32 heavy (non-hydrogen) atoms. The summed E-state index contributed by atoms with van der Waals surface area (Å²) in [6, 6.07) is 19.2. The minimum absolute atomic E-state index is 0.118. The van der Waals surface area contributed by atoms with E-state index in [1.54, 1.807) is 6.20 Å². The van der Waals surface area contributed by atoms with Gasteiger partial charge in [-0.25, -0.2) is 0 Å². The Bertz CT molecular complexity index is 1200. The molecule has 0 aliphatic carbocycles. The summed E-state index contributed by atoms with van der Waals surface area (Å²) in [5.41, 5.74) is 14.8. The number of ether oxygens (including phenoxy) is 2. The first-order valence-corrected chi connectivity index (χ1v) is 10.2. The molecular formula is C25H25N5O2. The Morgan fingerprint density at radius 2 is 1.84 bits per heavy atom. The average Bonchev–Trinajstić information content (AvgIpc) is 2.78. The smallest absolute Gasteiger partial charge is 0.211 e. The van der Waals surface area contributed by atoms with Gasteiger partial charge < -0.3 is 20.9 Å². The molecule has 2 aromatic carbocycles. The number of fused-ring (bicyclic) bond motifs is 1. The fourth-order valence-corrected chi connectivity index (χ4v) is 3.29. The normalized spacial score (nSPS) is 14.2. The van der Waals surface area contributed by atoms with Crippen molar-refractivity contribution in [3.63, 3.8) is 0 Å². The Morgan fingerprint density at radius 3 is 2.62 bits per heavy atom. The molecule has 0 unspecified atom stereocenters. The molecule has 1 aliphatic rings. The molecule has 4 N–H and O–H groups in total. The lowest BCUT2D eigenvalue weighted by molar-refractivity contribution is 0.159. The first-order chi connectivity index (χ1) is 15.4.